The lowest BCUT2D eigenvalue weighted by molar-refractivity contribution is -0.384. The molecule has 2 aromatic carbocycles. The van der Waals surface area contributed by atoms with Crippen LogP contribution in [0.15, 0.2) is 66.4 Å². The first kappa shape index (κ1) is 19.2. The van der Waals surface area contributed by atoms with Crippen molar-refractivity contribution in [1.82, 2.24) is 4.57 Å². The summed E-state index contributed by atoms with van der Waals surface area (Å²) in [4.78, 5) is 10.2. The van der Waals surface area contributed by atoms with Gasteiger partial charge in [0.2, 0.25) is 0 Å². The van der Waals surface area contributed by atoms with Gasteiger partial charge in [0, 0.05) is 35.3 Å². The molecule has 0 aliphatic heterocycles. The lowest BCUT2D eigenvalue weighted by atomic mass is 10.1. The van der Waals surface area contributed by atoms with Gasteiger partial charge in [-0.2, -0.15) is 18.3 Å². The molecule has 1 heterocycles. The zero-order valence-corrected chi connectivity index (χ0v) is 14.5. The van der Waals surface area contributed by atoms with Gasteiger partial charge >= 0.3 is 6.18 Å². The predicted octanol–water partition coefficient (Wildman–Crippen LogP) is 5.20. The van der Waals surface area contributed by atoms with Gasteiger partial charge < -0.3 is 4.57 Å². The molecule has 28 heavy (non-hydrogen) atoms. The van der Waals surface area contributed by atoms with Crippen molar-refractivity contribution in [2.45, 2.75) is 12.7 Å². The van der Waals surface area contributed by atoms with Crippen LogP contribution in [0.1, 0.15) is 11.1 Å². The first-order valence-electron chi connectivity index (χ1n) is 8.14. The molecule has 0 radical (unpaired) electrons. The number of hydrogen-bond acceptors (Lipinski definition) is 4. The molecule has 0 unspecified atom stereocenters. The van der Waals surface area contributed by atoms with Gasteiger partial charge in [0.05, 0.1) is 16.7 Å². The average molecular weight is 388 g/mol. The Labute approximate surface area is 157 Å². The summed E-state index contributed by atoms with van der Waals surface area (Å²) in [5.41, 5.74) is 2.23. The second kappa shape index (κ2) is 7.55. The summed E-state index contributed by atoms with van der Waals surface area (Å²) in [7, 11) is 0. The number of alkyl halides is 3. The van der Waals surface area contributed by atoms with Crippen LogP contribution < -0.4 is 5.43 Å². The smallest absolute Gasteiger partial charge is 0.343 e. The number of hydrazone groups is 1. The second-order valence-electron chi connectivity index (χ2n) is 5.90. The van der Waals surface area contributed by atoms with Crippen LogP contribution in [0.2, 0.25) is 0 Å². The molecule has 0 aliphatic carbocycles. The molecule has 0 amide bonds. The van der Waals surface area contributed by atoms with E-state index in [1.165, 1.54) is 6.21 Å². The number of rotatable bonds is 6. The van der Waals surface area contributed by atoms with Crippen LogP contribution in [0.3, 0.4) is 0 Å². The van der Waals surface area contributed by atoms with E-state index in [2.05, 4.69) is 17.1 Å². The highest BCUT2D eigenvalue weighted by atomic mass is 19.4. The van der Waals surface area contributed by atoms with E-state index in [0.29, 0.717) is 12.6 Å². The van der Waals surface area contributed by atoms with E-state index in [4.69, 9.17) is 0 Å². The van der Waals surface area contributed by atoms with Crippen molar-refractivity contribution < 1.29 is 18.1 Å². The number of allylic oxidation sites excluding steroid dienone is 1. The topological polar surface area (TPSA) is 72.5 Å². The zero-order valence-electron chi connectivity index (χ0n) is 14.5. The molecule has 144 valence electrons. The van der Waals surface area contributed by atoms with Crippen LogP contribution in [0.5, 0.6) is 0 Å². The van der Waals surface area contributed by atoms with Gasteiger partial charge in [-0.25, -0.2) is 0 Å². The third-order valence-corrected chi connectivity index (χ3v) is 4.06. The standard InChI is InChI=1S/C19H15F3N4O2/c1-2-9-25-12-13(15-5-3-4-6-17(15)25)11-23-24-16-8-7-14(19(20,21)22)10-18(16)26(27)28/h2-8,10-12,24H,1,9H2/b23-11-. The number of anilines is 1. The average Bonchev–Trinajstić information content (AvgIpc) is 2.99. The highest BCUT2D eigenvalue weighted by Gasteiger charge is 2.33. The minimum absolute atomic E-state index is 0.135. The maximum Gasteiger partial charge on any atom is 0.416 e. The third-order valence-electron chi connectivity index (χ3n) is 4.06. The molecular formula is C19H15F3N4O2. The molecule has 6 nitrogen and oxygen atoms in total. The molecule has 1 aromatic heterocycles. The van der Waals surface area contributed by atoms with Crippen LogP contribution in [0, 0.1) is 10.1 Å². The molecule has 0 saturated heterocycles. The van der Waals surface area contributed by atoms with E-state index in [9.17, 15) is 23.3 Å². The number of hydrogen-bond donors (Lipinski definition) is 1. The molecule has 0 saturated carbocycles. The van der Waals surface area contributed by atoms with E-state index < -0.39 is 22.4 Å². The highest BCUT2D eigenvalue weighted by molar-refractivity contribution is 5.99. The molecular weight excluding hydrogens is 373 g/mol. The number of benzene rings is 2. The fraction of sp³-hybridized carbons (Fsp3) is 0.105. The van der Waals surface area contributed by atoms with Gasteiger partial charge in [0.25, 0.3) is 5.69 Å². The van der Waals surface area contributed by atoms with Gasteiger partial charge in [-0.05, 0) is 18.2 Å². The van der Waals surface area contributed by atoms with Crippen molar-refractivity contribution in [2.24, 2.45) is 5.10 Å². The summed E-state index contributed by atoms with van der Waals surface area (Å²) in [6.07, 6.45) is 0.388. The van der Waals surface area contributed by atoms with Gasteiger partial charge in [-0.15, -0.1) is 6.58 Å². The molecule has 1 N–H and O–H groups in total. The first-order valence-corrected chi connectivity index (χ1v) is 8.14. The maximum atomic E-state index is 12.8. The van der Waals surface area contributed by atoms with E-state index in [1.54, 1.807) is 6.08 Å². The Kier molecular flexibility index (Phi) is 5.16. The van der Waals surface area contributed by atoms with Crippen molar-refractivity contribution in [1.29, 1.82) is 0 Å². The van der Waals surface area contributed by atoms with Gasteiger partial charge in [-0.1, -0.05) is 24.3 Å². The lowest BCUT2D eigenvalue weighted by Gasteiger charge is -2.08. The SMILES string of the molecule is C=CCn1cc(/C=N\Nc2ccc(C(F)(F)F)cc2[N+](=O)[O-])c2ccccc21. The van der Waals surface area contributed by atoms with Crippen LogP contribution in [-0.4, -0.2) is 15.7 Å². The first-order chi connectivity index (χ1) is 13.3. The fourth-order valence-corrected chi connectivity index (χ4v) is 2.79. The number of nitrogens with one attached hydrogen (secondary N) is 1. The van der Waals surface area contributed by atoms with Crippen LogP contribution in [0.4, 0.5) is 24.5 Å². The summed E-state index contributed by atoms with van der Waals surface area (Å²) in [5, 5.41) is 16.0. The summed E-state index contributed by atoms with van der Waals surface area (Å²) in [5.74, 6) is 0. The molecule has 3 rings (SSSR count). The molecule has 0 bridgehead atoms. The van der Waals surface area contributed by atoms with Crippen molar-refractivity contribution >= 4 is 28.5 Å². The van der Waals surface area contributed by atoms with Crippen LogP contribution in [-0.2, 0) is 12.7 Å². The number of halogens is 3. The molecule has 0 atom stereocenters. The monoisotopic (exact) mass is 388 g/mol. The van der Waals surface area contributed by atoms with Crippen molar-refractivity contribution in [2.75, 3.05) is 5.43 Å². The van der Waals surface area contributed by atoms with E-state index in [1.807, 2.05) is 35.0 Å². The third kappa shape index (κ3) is 3.88. The van der Waals surface area contributed by atoms with E-state index in [0.717, 1.165) is 28.6 Å². The van der Waals surface area contributed by atoms with Crippen molar-refractivity contribution in [3.63, 3.8) is 0 Å². The summed E-state index contributed by atoms with van der Waals surface area (Å²) < 4.78 is 40.3. The molecule has 0 spiro atoms. The highest BCUT2D eigenvalue weighted by Crippen LogP contribution is 2.35. The zero-order chi connectivity index (χ0) is 20.3. The molecule has 3 aromatic rings. The van der Waals surface area contributed by atoms with Crippen molar-refractivity contribution in [3.8, 4) is 0 Å². The second-order valence-corrected chi connectivity index (χ2v) is 5.90. The molecule has 9 heteroatoms. The van der Waals surface area contributed by atoms with E-state index in [-0.39, 0.29) is 5.69 Å². The van der Waals surface area contributed by atoms with Gasteiger partial charge in [0.15, 0.2) is 0 Å². The summed E-state index contributed by atoms with van der Waals surface area (Å²) in [6, 6.07) is 9.83. The lowest BCUT2D eigenvalue weighted by Crippen LogP contribution is -2.06. The van der Waals surface area contributed by atoms with Gasteiger partial charge in [-0.3, -0.25) is 15.5 Å². The Morgan fingerprint density at radius 2 is 2.00 bits per heavy atom. The number of aromatic nitrogens is 1. The van der Waals surface area contributed by atoms with E-state index >= 15 is 0 Å². The summed E-state index contributed by atoms with van der Waals surface area (Å²) in [6.45, 7) is 4.30. The quantitative estimate of drug-likeness (QED) is 0.273. The normalized spacial score (nSPS) is 11.8. The Morgan fingerprint density at radius 3 is 2.68 bits per heavy atom. The Balaban J connectivity index is 1.90. The number of para-hydroxylation sites is 1. The number of nitro benzene ring substituents is 1. The van der Waals surface area contributed by atoms with Crippen LogP contribution in [0.25, 0.3) is 10.9 Å². The fourth-order valence-electron chi connectivity index (χ4n) is 2.79. The minimum atomic E-state index is -4.67. The summed E-state index contributed by atoms with van der Waals surface area (Å²) >= 11 is 0. The number of nitro groups is 1. The Morgan fingerprint density at radius 1 is 1.25 bits per heavy atom. The maximum absolute atomic E-state index is 12.8. The van der Waals surface area contributed by atoms with Crippen molar-refractivity contribution in [3.05, 3.63) is 82.6 Å². The van der Waals surface area contributed by atoms with Crippen LogP contribution >= 0.6 is 0 Å². The Bertz CT molecular complexity index is 1070. The number of fused-ring (bicyclic) bond motifs is 1. The Hall–Kier alpha value is -3.62. The number of nitrogens with zero attached hydrogens (tertiary/aromatic N) is 3. The molecule has 0 aliphatic rings. The molecule has 0 fully saturated rings. The minimum Gasteiger partial charge on any atom is -0.343 e. The largest absolute Gasteiger partial charge is 0.416 e. The van der Waals surface area contributed by atoms with Gasteiger partial charge in [0.1, 0.15) is 5.69 Å². The predicted molar refractivity (Wildman–Crippen MR) is 101 cm³/mol.